The van der Waals surface area contributed by atoms with Crippen LogP contribution in [-0.4, -0.2) is 38.6 Å². The van der Waals surface area contributed by atoms with Crippen molar-refractivity contribution in [3.05, 3.63) is 12.2 Å². The number of rotatable bonds is 14. The third-order valence-electron chi connectivity index (χ3n) is 3.51. The van der Waals surface area contributed by atoms with Gasteiger partial charge in [-0.15, -0.1) is 0 Å². The molecule has 0 aromatic heterocycles. The van der Waals surface area contributed by atoms with E-state index >= 15 is 0 Å². The van der Waals surface area contributed by atoms with E-state index in [1.165, 1.54) is 26.3 Å². The maximum Gasteiger partial charge on any atom is 0.309 e. The zero-order valence-corrected chi connectivity index (χ0v) is 14.8. The summed E-state index contributed by atoms with van der Waals surface area (Å²) < 4.78 is 5.10. The maximum atomic E-state index is 11.2. The van der Waals surface area contributed by atoms with Gasteiger partial charge in [-0.1, -0.05) is 31.4 Å². The number of allylic oxidation sites excluding steroid dienone is 2. The zero-order chi connectivity index (χ0) is 17.9. The number of likely N-dealkylation sites (N-methyl/N-ethyl adjacent to an activating group) is 1. The van der Waals surface area contributed by atoms with E-state index in [4.69, 9.17) is 10.00 Å². The summed E-state index contributed by atoms with van der Waals surface area (Å²) in [5.74, 6) is -1.16. The Morgan fingerprint density at radius 3 is 2.25 bits per heavy atom. The number of carbonyl (C=O) groups excluding carboxylic acids is 2. The van der Waals surface area contributed by atoms with E-state index in [1.54, 1.807) is 0 Å². The van der Waals surface area contributed by atoms with E-state index < -0.39 is 11.8 Å². The topological polar surface area (TPSA) is 91.2 Å². The van der Waals surface area contributed by atoms with Crippen molar-refractivity contribution in [1.29, 1.82) is 5.26 Å². The van der Waals surface area contributed by atoms with Gasteiger partial charge < -0.3 is 15.4 Å². The molecule has 0 fully saturated rings. The highest BCUT2D eigenvalue weighted by Gasteiger charge is 2.08. The Morgan fingerprint density at radius 1 is 0.958 bits per heavy atom. The molecule has 0 heterocycles. The van der Waals surface area contributed by atoms with Gasteiger partial charge in [0.2, 0.25) is 0 Å². The number of unbranched alkanes of at least 4 members (excludes halogenated alkanes) is 7. The Kier molecular flexibility index (Phi) is 16.1. The summed E-state index contributed by atoms with van der Waals surface area (Å²) in [7, 11) is 1.44. The third-order valence-corrected chi connectivity index (χ3v) is 3.51. The third kappa shape index (κ3) is 15.0. The maximum absolute atomic E-state index is 11.2. The number of ether oxygens (including phenoxy) is 1. The van der Waals surface area contributed by atoms with Gasteiger partial charge in [0.05, 0.1) is 6.07 Å². The number of carbonyl (C=O) groups is 2. The minimum atomic E-state index is -0.593. The molecule has 0 aromatic rings. The molecule has 136 valence electrons. The van der Waals surface area contributed by atoms with Crippen molar-refractivity contribution in [1.82, 2.24) is 10.6 Å². The average Bonchev–Trinajstić information content (AvgIpc) is 2.60. The highest BCUT2D eigenvalue weighted by molar-refractivity contribution is 6.34. The van der Waals surface area contributed by atoms with E-state index in [9.17, 15) is 9.59 Å². The average molecular weight is 337 g/mol. The van der Waals surface area contributed by atoms with E-state index in [1.807, 2.05) is 6.07 Å². The van der Waals surface area contributed by atoms with Crippen molar-refractivity contribution in [2.75, 3.05) is 26.8 Å². The van der Waals surface area contributed by atoms with Crippen LogP contribution in [0.25, 0.3) is 0 Å². The highest BCUT2D eigenvalue weighted by atomic mass is 16.5. The number of hydrogen-bond donors (Lipinski definition) is 2. The van der Waals surface area contributed by atoms with Gasteiger partial charge in [0.25, 0.3) is 0 Å². The van der Waals surface area contributed by atoms with Crippen LogP contribution < -0.4 is 10.6 Å². The fourth-order valence-electron chi connectivity index (χ4n) is 2.13. The molecule has 0 rings (SSSR count). The number of nitrogens with zero attached hydrogens (tertiary/aromatic N) is 1. The van der Waals surface area contributed by atoms with E-state index in [0.717, 1.165) is 38.5 Å². The van der Waals surface area contributed by atoms with Crippen LogP contribution in [0, 0.1) is 11.3 Å². The van der Waals surface area contributed by atoms with Crippen molar-refractivity contribution in [2.45, 2.75) is 57.8 Å². The summed E-state index contributed by atoms with van der Waals surface area (Å²) in [6, 6.07) is 1.96. The van der Waals surface area contributed by atoms with Crippen LogP contribution in [0.5, 0.6) is 0 Å². The van der Waals surface area contributed by atoms with Crippen LogP contribution in [0.2, 0.25) is 0 Å². The first-order valence-electron chi connectivity index (χ1n) is 8.82. The lowest BCUT2D eigenvalue weighted by Crippen LogP contribution is -2.38. The van der Waals surface area contributed by atoms with E-state index in [2.05, 4.69) is 22.8 Å². The van der Waals surface area contributed by atoms with E-state index in [0.29, 0.717) is 13.2 Å². The Bertz CT molecular complexity index is 403. The van der Waals surface area contributed by atoms with Crippen LogP contribution in [0.1, 0.15) is 57.8 Å². The lowest BCUT2D eigenvalue weighted by atomic mass is 10.1. The van der Waals surface area contributed by atoms with Gasteiger partial charge in [0, 0.05) is 20.2 Å². The predicted molar refractivity (Wildman–Crippen MR) is 94.2 cm³/mol. The second-order valence-corrected chi connectivity index (χ2v) is 5.57. The van der Waals surface area contributed by atoms with Crippen molar-refractivity contribution in [3.63, 3.8) is 0 Å². The smallest absolute Gasteiger partial charge is 0.309 e. The molecule has 0 aliphatic carbocycles. The molecule has 0 aliphatic rings. The minimum Gasteiger partial charge on any atom is -0.367 e. The molecule has 0 aromatic carbocycles. The van der Waals surface area contributed by atoms with Crippen molar-refractivity contribution in [3.8, 4) is 6.07 Å². The van der Waals surface area contributed by atoms with Crippen molar-refractivity contribution >= 4 is 11.8 Å². The standard InChI is InChI=1S/C18H31N3O3/c1-20-17(22)18(23)21-14-11-9-7-5-3-2-4-6-8-10-12-15-24-16-13-19/h3,5H,2,4,6-12,14-16H2,1H3,(H,20,22)(H,21,23)/b5-3-. The minimum absolute atomic E-state index is 0.200. The van der Waals surface area contributed by atoms with Crippen LogP contribution >= 0.6 is 0 Å². The first kappa shape index (κ1) is 22.1. The SMILES string of the molecule is CNC(=O)C(=O)NCCCC/C=C\CCCCCCCOCC#N. The molecule has 0 bridgehead atoms. The van der Waals surface area contributed by atoms with Crippen molar-refractivity contribution in [2.24, 2.45) is 0 Å². The zero-order valence-electron chi connectivity index (χ0n) is 14.8. The fourth-order valence-corrected chi connectivity index (χ4v) is 2.13. The van der Waals surface area contributed by atoms with Crippen LogP contribution in [0.15, 0.2) is 12.2 Å². The van der Waals surface area contributed by atoms with Crippen molar-refractivity contribution < 1.29 is 14.3 Å². The lowest BCUT2D eigenvalue weighted by Gasteiger charge is -2.02. The molecule has 2 amide bonds. The van der Waals surface area contributed by atoms with Gasteiger partial charge in [-0.25, -0.2) is 0 Å². The molecule has 0 radical (unpaired) electrons. The lowest BCUT2D eigenvalue weighted by molar-refractivity contribution is -0.138. The molecular formula is C18H31N3O3. The second-order valence-electron chi connectivity index (χ2n) is 5.57. The van der Waals surface area contributed by atoms with Crippen LogP contribution in [0.4, 0.5) is 0 Å². The predicted octanol–water partition coefficient (Wildman–Crippen LogP) is 2.46. The number of nitriles is 1. The molecular weight excluding hydrogens is 306 g/mol. The Hall–Kier alpha value is -1.87. The Labute approximate surface area is 145 Å². The molecule has 6 nitrogen and oxygen atoms in total. The molecule has 2 N–H and O–H groups in total. The summed E-state index contributed by atoms with van der Waals surface area (Å²) in [5.41, 5.74) is 0. The summed E-state index contributed by atoms with van der Waals surface area (Å²) in [5, 5.41) is 13.2. The highest BCUT2D eigenvalue weighted by Crippen LogP contribution is 2.06. The number of nitrogens with one attached hydrogen (secondary N) is 2. The largest absolute Gasteiger partial charge is 0.367 e. The Balaban J connectivity index is 3.23. The first-order chi connectivity index (χ1) is 11.7. The molecule has 0 spiro atoms. The Morgan fingerprint density at radius 2 is 1.58 bits per heavy atom. The summed E-state index contributed by atoms with van der Waals surface area (Å²) in [6.07, 6.45) is 14.3. The van der Waals surface area contributed by atoms with Gasteiger partial charge in [0.1, 0.15) is 6.61 Å². The van der Waals surface area contributed by atoms with Crippen LogP contribution in [-0.2, 0) is 14.3 Å². The van der Waals surface area contributed by atoms with Gasteiger partial charge in [0.15, 0.2) is 0 Å². The van der Waals surface area contributed by atoms with Gasteiger partial charge in [-0.3, -0.25) is 9.59 Å². The molecule has 24 heavy (non-hydrogen) atoms. The molecule has 6 heteroatoms. The quantitative estimate of drug-likeness (QED) is 0.289. The molecule has 0 saturated heterocycles. The fraction of sp³-hybridized carbons (Fsp3) is 0.722. The summed E-state index contributed by atoms with van der Waals surface area (Å²) in [4.78, 5) is 22.1. The molecule has 0 aliphatic heterocycles. The van der Waals surface area contributed by atoms with Gasteiger partial charge in [-0.05, 0) is 38.5 Å². The van der Waals surface area contributed by atoms with Gasteiger partial charge >= 0.3 is 11.8 Å². The van der Waals surface area contributed by atoms with Gasteiger partial charge in [-0.2, -0.15) is 5.26 Å². The first-order valence-corrected chi connectivity index (χ1v) is 8.82. The molecule has 0 saturated carbocycles. The number of hydrogen-bond acceptors (Lipinski definition) is 4. The molecule has 0 atom stereocenters. The summed E-state index contributed by atoms with van der Waals surface area (Å²) >= 11 is 0. The molecule has 0 unspecified atom stereocenters. The van der Waals surface area contributed by atoms with E-state index in [-0.39, 0.29) is 6.61 Å². The normalized spacial score (nSPS) is 10.5. The summed E-state index contributed by atoms with van der Waals surface area (Å²) in [6.45, 7) is 1.43. The number of amides is 2. The monoisotopic (exact) mass is 337 g/mol. The second kappa shape index (κ2) is 17.5. The van der Waals surface area contributed by atoms with Crippen LogP contribution in [0.3, 0.4) is 0 Å².